The molecule has 2 aromatic rings. The van der Waals surface area contributed by atoms with Crippen LogP contribution in [0.2, 0.25) is 0 Å². The average Bonchev–Trinajstić information content (AvgIpc) is 2.46. The van der Waals surface area contributed by atoms with Gasteiger partial charge in [-0.15, -0.1) is 0 Å². The summed E-state index contributed by atoms with van der Waals surface area (Å²) in [5.74, 6) is 1.13. The van der Waals surface area contributed by atoms with Crippen LogP contribution < -0.4 is 10.1 Å². The Labute approximate surface area is 133 Å². The van der Waals surface area contributed by atoms with Crippen LogP contribution >= 0.6 is 15.9 Å². The predicted octanol–water partition coefficient (Wildman–Crippen LogP) is 5.19. The number of benzene rings is 2. The molecule has 0 heterocycles. The summed E-state index contributed by atoms with van der Waals surface area (Å²) in [4.78, 5) is 0. The fourth-order valence-electron chi connectivity index (χ4n) is 1.95. The molecule has 112 valence electrons. The van der Waals surface area contributed by atoms with Crippen molar-refractivity contribution < 1.29 is 9.13 Å². The Morgan fingerprint density at radius 1 is 1.19 bits per heavy atom. The van der Waals surface area contributed by atoms with Gasteiger partial charge in [-0.05, 0) is 77.3 Å². The highest BCUT2D eigenvalue weighted by molar-refractivity contribution is 9.10. The number of nitrogens with one attached hydrogen (secondary N) is 1. The van der Waals surface area contributed by atoms with Crippen LogP contribution in [0.4, 0.5) is 4.39 Å². The van der Waals surface area contributed by atoms with E-state index < -0.39 is 0 Å². The molecular formula is C17H19BrFNO. The number of aryl methyl sites for hydroxylation is 1. The number of hydrogen-bond donors (Lipinski definition) is 1. The SMILES string of the molecule is CCCNCc1ccc(Oc2ccc(F)c(C)c2)c(Br)c1. The standard InChI is InChI=1S/C17H19BrFNO/c1-3-8-20-11-13-4-7-17(15(18)10-13)21-14-5-6-16(19)12(2)9-14/h4-7,9-10,20H,3,8,11H2,1-2H3. The van der Waals surface area contributed by atoms with Crippen LogP contribution in [0.5, 0.6) is 11.5 Å². The molecule has 0 aromatic heterocycles. The van der Waals surface area contributed by atoms with E-state index >= 15 is 0 Å². The van der Waals surface area contributed by atoms with Crippen molar-refractivity contribution in [2.75, 3.05) is 6.54 Å². The molecule has 0 saturated carbocycles. The van der Waals surface area contributed by atoms with E-state index in [2.05, 4.69) is 28.2 Å². The van der Waals surface area contributed by atoms with E-state index in [1.807, 2.05) is 18.2 Å². The number of ether oxygens (including phenoxy) is 1. The fraction of sp³-hybridized carbons (Fsp3) is 0.294. The Hall–Kier alpha value is -1.39. The van der Waals surface area contributed by atoms with E-state index in [0.717, 1.165) is 29.7 Å². The minimum absolute atomic E-state index is 0.223. The first-order chi connectivity index (χ1) is 10.1. The molecule has 0 bridgehead atoms. The van der Waals surface area contributed by atoms with Gasteiger partial charge in [0.2, 0.25) is 0 Å². The van der Waals surface area contributed by atoms with Crippen molar-refractivity contribution in [2.45, 2.75) is 26.8 Å². The Morgan fingerprint density at radius 3 is 2.67 bits per heavy atom. The highest BCUT2D eigenvalue weighted by Gasteiger charge is 2.06. The quantitative estimate of drug-likeness (QED) is 0.723. The molecular weight excluding hydrogens is 333 g/mol. The zero-order valence-electron chi connectivity index (χ0n) is 12.2. The van der Waals surface area contributed by atoms with Gasteiger partial charge < -0.3 is 10.1 Å². The Morgan fingerprint density at radius 2 is 2.00 bits per heavy atom. The molecule has 2 aromatic carbocycles. The first-order valence-corrected chi connectivity index (χ1v) is 7.82. The van der Waals surface area contributed by atoms with E-state index in [1.165, 1.54) is 11.6 Å². The Kier molecular flexibility index (Phi) is 5.76. The summed E-state index contributed by atoms with van der Waals surface area (Å²) in [6.45, 7) is 5.71. The molecule has 0 radical (unpaired) electrons. The second-order valence-electron chi connectivity index (χ2n) is 4.95. The van der Waals surface area contributed by atoms with Crippen LogP contribution in [0.15, 0.2) is 40.9 Å². The molecule has 4 heteroatoms. The topological polar surface area (TPSA) is 21.3 Å². The van der Waals surface area contributed by atoms with Crippen molar-refractivity contribution in [1.82, 2.24) is 5.32 Å². The van der Waals surface area contributed by atoms with Crippen LogP contribution in [0.3, 0.4) is 0 Å². The van der Waals surface area contributed by atoms with Crippen molar-refractivity contribution in [3.05, 3.63) is 57.8 Å². The Bertz CT molecular complexity index is 616. The van der Waals surface area contributed by atoms with E-state index in [-0.39, 0.29) is 5.82 Å². The third-order valence-corrected chi connectivity index (χ3v) is 3.73. The number of hydrogen-bond acceptors (Lipinski definition) is 2. The maximum Gasteiger partial charge on any atom is 0.141 e. The lowest BCUT2D eigenvalue weighted by Gasteiger charge is -2.10. The van der Waals surface area contributed by atoms with Gasteiger partial charge in [-0.1, -0.05) is 13.0 Å². The van der Waals surface area contributed by atoms with Gasteiger partial charge >= 0.3 is 0 Å². The molecule has 0 amide bonds. The number of rotatable bonds is 6. The molecule has 1 N–H and O–H groups in total. The van der Waals surface area contributed by atoms with Gasteiger partial charge in [0, 0.05) is 6.54 Å². The summed E-state index contributed by atoms with van der Waals surface area (Å²) in [5.41, 5.74) is 1.77. The summed E-state index contributed by atoms with van der Waals surface area (Å²) >= 11 is 3.52. The summed E-state index contributed by atoms with van der Waals surface area (Å²) in [7, 11) is 0. The van der Waals surface area contributed by atoms with E-state index in [1.54, 1.807) is 19.1 Å². The van der Waals surface area contributed by atoms with E-state index in [9.17, 15) is 4.39 Å². The highest BCUT2D eigenvalue weighted by atomic mass is 79.9. The van der Waals surface area contributed by atoms with Gasteiger partial charge in [-0.2, -0.15) is 0 Å². The minimum Gasteiger partial charge on any atom is -0.456 e. The first-order valence-electron chi connectivity index (χ1n) is 7.03. The average molecular weight is 352 g/mol. The molecule has 0 saturated heterocycles. The fourth-order valence-corrected chi connectivity index (χ4v) is 2.46. The van der Waals surface area contributed by atoms with Gasteiger partial charge in [0.05, 0.1) is 4.47 Å². The third-order valence-electron chi connectivity index (χ3n) is 3.11. The van der Waals surface area contributed by atoms with Crippen molar-refractivity contribution in [2.24, 2.45) is 0 Å². The monoisotopic (exact) mass is 351 g/mol. The van der Waals surface area contributed by atoms with Crippen LogP contribution in [0.25, 0.3) is 0 Å². The normalized spacial score (nSPS) is 10.7. The molecule has 0 aliphatic rings. The molecule has 0 spiro atoms. The lowest BCUT2D eigenvalue weighted by molar-refractivity contribution is 0.476. The molecule has 0 aliphatic carbocycles. The minimum atomic E-state index is -0.223. The summed E-state index contributed by atoms with van der Waals surface area (Å²) in [6.07, 6.45) is 1.12. The van der Waals surface area contributed by atoms with Crippen LogP contribution in [0, 0.1) is 12.7 Å². The summed E-state index contributed by atoms with van der Waals surface area (Å²) < 4.78 is 19.9. The smallest absolute Gasteiger partial charge is 0.141 e. The van der Waals surface area contributed by atoms with Gasteiger partial charge in [0.25, 0.3) is 0 Å². The van der Waals surface area contributed by atoms with Crippen LogP contribution in [-0.2, 0) is 6.54 Å². The van der Waals surface area contributed by atoms with Crippen molar-refractivity contribution >= 4 is 15.9 Å². The highest BCUT2D eigenvalue weighted by Crippen LogP contribution is 2.31. The predicted molar refractivity (Wildman–Crippen MR) is 87.4 cm³/mol. The van der Waals surface area contributed by atoms with Crippen molar-refractivity contribution in [3.8, 4) is 11.5 Å². The summed E-state index contributed by atoms with van der Waals surface area (Å²) in [6, 6.07) is 10.7. The van der Waals surface area contributed by atoms with E-state index in [0.29, 0.717) is 11.3 Å². The zero-order chi connectivity index (χ0) is 15.2. The van der Waals surface area contributed by atoms with Crippen LogP contribution in [0.1, 0.15) is 24.5 Å². The Balaban J connectivity index is 2.08. The lowest BCUT2D eigenvalue weighted by atomic mass is 10.2. The third kappa shape index (κ3) is 4.55. The first kappa shape index (κ1) is 16.0. The van der Waals surface area contributed by atoms with E-state index in [4.69, 9.17) is 4.74 Å². The van der Waals surface area contributed by atoms with Crippen LogP contribution in [-0.4, -0.2) is 6.54 Å². The second-order valence-corrected chi connectivity index (χ2v) is 5.81. The van der Waals surface area contributed by atoms with Gasteiger partial charge in [0.15, 0.2) is 0 Å². The van der Waals surface area contributed by atoms with Gasteiger partial charge in [0.1, 0.15) is 17.3 Å². The molecule has 2 nitrogen and oxygen atoms in total. The second kappa shape index (κ2) is 7.57. The lowest BCUT2D eigenvalue weighted by Crippen LogP contribution is -2.13. The van der Waals surface area contributed by atoms with Crippen molar-refractivity contribution in [1.29, 1.82) is 0 Å². The van der Waals surface area contributed by atoms with Gasteiger partial charge in [-0.25, -0.2) is 4.39 Å². The van der Waals surface area contributed by atoms with Crippen molar-refractivity contribution in [3.63, 3.8) is 0 Å². The largest absolute Gasteiger partial charge is 0.456 e. The molecule has 0 aliphatic heterocycles. The van der Waals surface area contributed by atoms with Gasteiger partial charge in [-0.3, -0.25) is 0 Å². The molecule has 21 heavy (non-hydrogen) atoms. The maximum atomic E-state index is 13.2. The molecule has 0 unspecified atom stereocenters. The number of halogens is 2. The zero-order valence-corrected chi connectivity index (χ0v) is 13.8. The molecule has 0 fully saturated rings. The summed E-state index contributed by atoms with van der Waals surface area (Å²) in [5, 5.41) is 3.36. The maximum absolute atomic E-state index is 13.2. The molecule has 0 atom stereocenters. The molecule has 2 rings (SSSR count).